The number of amides is 1. The predicted molar refractivity (Wildman–Crippen MR) is 130 cm³/mol. The average molecular weight is 483 g/mol. The molecule has 0 aliphatic rings. The van der Waals surface area contributed by atoms with Crippen molar-refractivity contribution in [2.24, 2.45) is 0 Å². The number of carbonyl (C=O) groups excluding carboxylic acids is 1. The number of carbonyl (C=O) groups is 1. The number of rotatable bonds is 13. The molecule has 34 heavy (non-hydrogen) atoms. The highest BCUT2D eigenvalue weighted by Crippen LogP contribution is 2.27. The van der Waals surface area contributed by atoms with Crippen LogP contribution in [0.4, 0.5) is 13.2 Å². The van der Waals surface area contributed by atoms with Gasteiger partial charge < -0.3 is 14.8 Å². The van der Waals surface area contributed by atoms with Crippen LogP contribution in [0, 0.1) is 11.3 Å². The van der Waals surface area contributed by atoms with Crippen molar-refractivity contribution in [1.82, 2.24) is 5.32 Å². The van der Waals surface area contributed by atoms with Crippen LogP contribution in [0.25, 0.3) is 0 Å². The molecule has 0 aliphatic heterocycles. The molecule has 1 aromatic rings. The molecule has 5 nitrogen and oxygen atoms in total. The Morgan fingerprint density at radius 2 is 1.91 bits per heavy atom. The Bertz CT molecular complexity index is 805. The van der Waals surface area contributed by atoms with Gasteiger partial charge in [-0.25, -0.2) is 8.78 Å². The number of hydrogen-bond donors (Lipinski definition) is 1. The van der Waals surface area contributed by atoms with Gasteiger partial charge in [0.2, 0.25) is 0 Å². The van der Waals surface area contributed by atoms with Crippen LogP contribution in [0.1, 0.15) is 64.5 Å². The van der Waals surface area contributed by atoms with Crippen molar-refractivity contribution in [2.75, 3.05) is 13.7 Å². The second kappa shape index (κ2) is 20.4. The molecule has 0 saturated heterocycles. The fourth-order valence-corrected chi connectivity index (χ4v) is 2.58. The van der Waals surface area contributed by atoms with Gasteiger partial charge in [-0.15, -0.1) is 6.58 Å². The first kappa shape index (κ1) is 33.0. The number of alkyl halides is 3. The Morgan fingerprint density at radius 1 is 1.26 bits per heavy atom. The molecular weight excluding hydrogens is 445 g/mol. The molecule has 1 rings (SSSR count). The minimum Gasteiger partial charge on any atom is -0.489 e. The fraction of sp³-hybridized carbons (Fsp3) is 0.462. The number of benzene rings is 1. The first-order valence-electron chi connectivity index (χ1n) is 11.1. The topological polar surface area (TPSA) is 71.3 Å². The third-order valence-electron chi connectivity index (χ3n) is 4.09. The van der Waals surface area contributed by atoms with Crippen molar-refractivity contribution in [3.05, 3.63) is 66.5 Å². The maximum absolute atomic E-state index is 13.1. The smallest absolute Gasteiger partial charge is 0.265 e. The summed E-state index contributed by atoms with van der Waals surface area (Å²) in [6.07, 6.45) is 2.86. The molecule has 0 radical (unpaired) electrons. The number of nitrogens with zero attached hydrogens (tertiary/aromatic N) is 1. The molecule has 2 atom stereocenters. The molecule has 8 heteroatoms. The van der Waals surface area contributed by atoms with Crippen LogP contribution in [0.3, 0.4) is 0 Å². The lowest BCUT2D eigenvalue weighted by Gasteiger charge is -2.21. The summed E-state index contributed by atoms with van der Waals surface area (Å²) in [7, 11) is 0.500. The van der Waals surface area contributed by atoms with Crippen molar-refractivity contribution in [3.63, 3.8) is 0 Å². The van der Waals surface area contributed by atoms with Crippen LogP contribution in [0.2, 0.25) is 0 Å². The Morgan fingerprint density at radius 3 is 2.41 bits per heavy atom. The van der Waals surface area contributed by atoms with E-state index in [0.29, 0.717) is 32.2 Å². The average Bonchev–Trinajstić information content (AvgIpc) is 2.87. The van der Waals surface area contributed by atoms with Crippen LogP contribution in [0.5, 0.6) is 5.75 Å². The first-order chi connectivity index (χ1) is 16.4. The molecule has 0 heterocycles. The first-order valence-corrected chi connectivity index (χ1v) is 11.1. The molecule has 0 fully saturated rings. The van der Waals surface area contributed by atoms with Crippen LogP contribution < -0.4 is 10.1 Å². The van der Waals surface area contributed by atoms with E-state index in [1.807, 2.05) is 26.8 Å². The van der Waals surface area contributed by atoms with Crippen LogP contribution in [0.15, 0.2) is 55.3 Å². The van der Waals surface area contributed by atoms with E-state index in [4.69, 9.17) is 14.7 Å². The van der Waals surface area contributed by atoms with Crippen LogP contribution in [-0.4, -0.2) is 31.8 Å². The molecule has 2 unspecified atom stereocenters. The van der Waals surface area contributed by atoms with Gasteiger partial charge >= 0.3 is 0 Å². The van der Waals surface area contributed by atoms with Crippen molar-refractivity contribution in [2.45, 2.75) is 65.6 Å². The summed E-state index contributed by atoms with van der Waals surface area (Å²) in [5.74, 6) is 0.337. The summed E-state index contributed by atoms with van der Waals surface area (Å²) in [6, 6.07) is 5.50. The maximum Gasteiger partial charge on any atom is 0.265 e. The number of ether oxygens (including phenoxy) is 2. The Hall–Kier alpha value is -3.21. The summed E-state index contributed by atoms with van der Waals surface area (Å²) in [4.78, 5) is 12.6. The van der Waals surface area contributed by atoms with E-state index in [2.05, 4.69) is 18.5 Å². The fourth-order valence-electron chi connectivity index (χ4n) is 2.58. The lowest BCUT2D eigenvalue weighted by Crippen LogP contribution is -2.41. The van der Waals surface area contributed by atoms with E-state index in [0.717, 1.165) is 6.07 Å². The van der Waals surface area contributed by atoms with E-state index in [1.54, 1.807) is 25.1 Å². The molecule has 1 aromatic carbocycles. The number of nitrogens with one attached hydrogen (secondary N) is 1. The summed E-state index contributed by atoms with van der Waals surface area (Å²) in [5.41, 5.74) is -0.543. The molecule has 0 aromatic heterocycles. The number of allylic oxidation sites excluding steroid dienone is 3. The van der Waals surface area contributed by atoms with E-state index in [1.165, 1.54) is 12.1 Å². The molecule has 1 amide bonds. The van der Waals surface area contributed by atoms with Crippen LogP contribution in [-0.2, 0) is 9.53 Å². The van der Waals surface area contributed by atoms with Crippen molar-refractivity contribution >= 4 is 5.91 Å². The minimum absolute atomic E-state index is 0.114. The Labute approximate surface area is 202 Å². The highest BCUT2D eigenvalue weighted by atomic mass is 19.3. The molecule has 0 aliphatic carbocycles. The standard InChI is InChI=1S/C23H28F2N2O3.C2H6.CH3F/c1-5-8-10-18(7-3)29-16(4)15-27-23(28)21(9-6-2)30-19-12-11-17(14-26)20(13-19)22(24)25;2*1-2/h5,7,10-13,16,21-22H,1,3,6,8-9,15H2,2,4H3,(H,27,28);1-2H3;1H3/b18-10+;;. The highest BCUT2D eigenvalue weighted by Gasteiger charge is 2.22. The molecular formula is C26H37F3N2O3. The maximum atomic E-state index is 13.1. The third kappa shape index (κ3) is 12.7. The van der Waals surface area contributed by atoms with Gasteiger partial charge in [-0.2, -0.15) is 5.26 Å². The highest BCUT2D eigenvalue weighted by molar-refractivity contribution is 5.81. The van der Waals surface area contributed by atoms with Gasteiger partial charge in [-0.05, 0) is 50.1 Å². The van der Waals surface area contributed by atoms with Crippen molar-refractivity contribution in [3.8, 4) is 11.8 Å². The quantitative estimate of drug-likeness (QED) is 0.190. The lowest BCUT2D eigenvalue weighted by atomic mass is 10.1. The van der Waals surface area contributed by atoms with Crippen LogP contribution >= 0.6 is 0 Å². The number of hydrogen-bond acceptors (Lipinski definition) is 4. The molecule has 190 valence electrons. The van der Waals surface area contributed by atoms with Gasteiger partial charge in [0.25, 0.3) is 12.3 Å². The zero-order valence-corrected chi connectivity index (χ0v) is 20.7. The van der Waals surface area contributed by atoms with E-state index in [9.17, 15) is 18.0 Å². The summed E-state index contributed by atoms with van der Waals surface area (Å²) in [5, 5.41) is 11.7. The van der Waals surface area contributed by atoms with Gasteiger partial charge in [0, 0.05) is 5.56 Å². The van der Waals surface area contributed by atoms with Crippen molar-refractivity contribution in [1.29, 1.82) is 5.26 Å². The zero-order valence-electron chi connectivity index (χ0n) is 20.7. The minimum atomic E-state index is -2.81. The molecule has 1 N–H and O–H groups in total. The van der Waals surface area contributed by atoms with Crippen molar-refractivity contribution < 1.29 is 27.4 Å². The molecule has 0 saturated carbocycles. The molecule has 0 spiro atoms. The monoisotopic (exact) mass is 482 g/mol. The second-order valence-electron chi connectivity index (χ2n) is 6.57. The SMILES string of the molecule is C=CC/C=C(\C=C)OC(C)CNC(=O)C(CCC)Oc1ccc(C#N)c(C(F)F)c1.CC.CF. The summed E-state index contributed by atoms with van der Waals surface area (Å²) in [6.45, 7) is 15.2. The second-order valence-corrected chi connectivity index (χ2v) is 6.57. The number of halogens is 3. The third-order valence-corrected chi connectivity index (χ3v) is 4.09. The lowest BCUT2D eigenvalue weighted by molar-refractivity contribution is -0.128. The number of nitriles is 1. The van der Waals surface area contributed by atoms with E-state index < -0.39 is 18.1 Å². The van der Waals surface area contributed by atoms with Gasteiger partial charge in [0.1, 0.15) is 17.6 Å². The predicted octanol–water partition coefficient (Wildman–Crippen LogP) is 6.82. The summed E-state index contributed by atoms with van der Waals surface area (Å²) >= 11 is 0. The van der Waals surface area contributed by atoms with Gasteiger partial charge in [-0.1, -0.05) is 39.8 Å². The summed E-state index contributed by atoms with van der Waals surface area (Å²) < 4.78 is 47.1. The molecule has 0 bridgehead atoms. The van der Waals surface area contributed by atoms with E-state index in [-0.39, 0.29) is 29.9 Å². The van der Waals surface area contributed by atoms with Gasteiger partial charge in [-0.3, -0.25) is 9.18 Å². The van der Waals surface area contributed by atoms with E-state index >= 15 is 0 Å². The van der Waals surface area contributed by atoms with Gasteiger partial charge in [0.15, 0.2) is 6.10 Å². The zero-order chi connectivity index (χ0) is 26.5. The largest absolute Gasteiger partial charge is 0.489 e. The van der Waals surface area contributed by atoms with Gasteiger partial charge in [0.05, 0.1) is 25.4 Å². The Balaban J connectivity index is 0. The normalized spacial score (nSPS) is 11.9. The Kier molecular flexibility index (Phi) is 19.8.